The van der Waals surface area contributed by atoms with E-state index in [4.69, 9.17) is 9.47 Å². The predicted octanol–water partition coefficient (Wildman–Crippen LogP) is 4.69. The highest BCUT2D eigenvalue weighted by Gasteiger charge is 2.39. The fourth-order valence-corrected chi connectivity index (χ4v) is 3.87. The highest BCUT2D eigenvalue weighted by atomic mass is 79.9. The molecule has 1 aliphatic rings. The molecule has 0 radical (unpaired) electrons. The summed E-state index contributed by atoms with van der Waals surface area (Å²) in [7, 11) is 1.62. The van der Waals surface area contributed by atoms with Crippen molar-refractivity contribution >= 4 is 33.6 Å². The maximum absolute atomic E-state index is 13.4. The average molecular weight is 490 g/mol. The second kappa shape index (κ2) is 9.68. The topological polar surface area (TPSA) is 80.8 Å². The lowest BCUT2D eigenvalue weighted by Gasteiger charge is -2.38. The average Bonchev–Trinajstić information content (AvgIpc) is 2.68. The van der Waals surface area contributed by atoms with Crippen LogP contribution in [-0.2, 0) is 16.1 Å². The molecule has 1 N–H and O–H groups in total. The van der Waals surface area contributed by atoms with Crippen molar-refractivity contribution in [1.82, 2.24) is 10.3 Å². The largest absolute Gasteiger partial charge is 0.497 e. The summed E-state index contributed by atoms with van der Waals surface area (Å²) in [5.41, 5.74) is 1.14. The maximum atomic E-state index is 13.4. The first-order valence-electron chi connectivity index (χ1n) is 10.2. The first-order valence-corrected chi connectivity index (χ1v) is 11.0. The molecule has 2 aromatic rings. The molecule has 31 heavy (non-hydrogen) atoms. The molecule has 2 amide bonds. The summed E-state index contributed by atoms with van der Waals surface area (Å²) in [6.07, 6.45) is 2.38. The van der Waals surface area contributed by atoms with E-state index in [9.17, 15) is 9.59 Å². The van der Waals surface area contributed by atoms with Gasteiger partial charge in [0.25, 0.3) is 0 Å². The van der Waals surface area contributed by atoms with E-state index in [2.05, 4.69) is 26.2 Å². The minimum Gasteiger partial charge on any atom is -0.497 e. The van der Waals surface area contributed by atoms with Crippen molar-refractivity contribution in [1.29, 1.82) is 0 Å². The van der Waals surface area contributed by atoms with Gasteiger partial charge in [-0.15, -0.1) is 0 Å². The van der Waals surface area contributed by atoms with Crippen LogP contribution in [0.1, 0.15) is 39.2 Å². The van der Waals surface area contributed by atoms with Gasteiger partial charge in [0, 0.05) is 18.2 Å². The number of alkyl carbamates (subject to hydrolysis) is 1. The zero-order valence-corrected chi connectivity index (χ0v) is 19.8. The van der Waals surface area contributed by atoms with E-state index in [1.165, 1.54) is 0 Å². The zero-order chi connectivity index (χ0) is 22.6. The number of carbonyl (C=O) groups excluding carboxylic acids is 2. The third kappa shape index (κ3) is 6.19. The Morgan fingerprint density at radius 1 is 1.19 bits per heavy atom. The predicted molar refractivity (Wildman–Crippen MR) is 122 cm³/mol. The number of hydrogen-bond donors (Lipinski definition) is 1. The number of halogens is 1. The van der Waals surface area contributed by atoms with E-state index < -0.39 is 11.7 Å². The Kier molecular flexibility index (Phi) is 7.20. The van der Waals surface area contributed by atoms with Crippen molar-refractivity contribution < 1.29 is 19.1 Å². The molecular weight excluding hydrogens is 462 g/mol. The van der Waals surface area contributed by atoms with Crippen molar-refractivity contribution in [3.8, 4) is 5.75 Å². The summed E-state index contributed by atoms with van der Waals surface area (Å²) in [5, 5.41) is 2.84. The number of hydrogen-bond acceptors (Lipinski definition) is 5. The number of carbonyl (C=O) groups is 2. The molecule has 0 saturated heterocycles. The molecule has 1 aliphatic carbocycles. The SMILES string of the molecule is COc1ccc(CN(C(=O)C2CC(NC(=O)OC(C)(C)C)C2)c2cccnc2Br)cc1. The molecular formula is C23H28BrN3O4. The Morgan fingerprint density at radius 2 is 1.87 bits per heavy atom. The highest BCUT2D eigenvalue weighted by molar-refractivity contribution is 9.10. The van der Waals surface area contributed by atoms with Gasteiger partial charge in [0.05, 0.1) is 19.3 Å². The molecule has 8 heteroatoms. The van der Waals surface area contributed by atoms with Gasteiger partial charge in [-0.3, -0.25) is 4.79 Å². The lowest BCUT2D eigenvalue weighted by molar-refractivity contribution is -0.125. The Hall–Kier alpha value is -2.61. The van der Waals surface area contributed by atoms with E-state index in [1.807, 2.05) is 57.2 Å². The molecule has 166 valence electrons. The van der Waals surface area contributed by atoms with Gasteiger partial charge < -0.3 is 19.7 Å². The van der Waals surface area contributed by atoms with E-state index in [-0.39, 0.29) is 17.9 Å². The summed E-state index contributed by atoms with van der Waals surface area (Å²) in [4.78, 5) is 31.4. The number of amides is 2. The number of rotatable bonds is 6. The third-order valence-corrected chi connectivity index (χ3v) is 5.62. The third-order valence-electron chi connectivity index (χ3n) is 5.00. The van der Waals surface area contributed by atoms with Crippen LogP contribution in [0, 0.1) is 5.92 Å². The van der Waals surface area contributed by atoms with Gasteiger partial charge in [0.2, 0.25) is 5.91 Å². The lowest BCUT2D eigenvalue weighted by atomic mass is 9.79. The van der Waals surface area contributed by atoms with Crippen molar-refractivity contribution in [3.63, 3.8) is 0 Å². The van der Waals surface area contributed by atoms with Crippen molar-refractivity contribution in [3.05, 3.63) is 52.8 Å². The first-order chi connectivity index (χ1) is 14.7. The molecule has 3 rings (SSSR count). The zero-order valence-electron chi connectivity index (χ0n) is 18.2. The van der Waals surface area contributed by atoms with E-state index >= 15 is 0 Å². The number of nitrogens with one attached hydrogen (secondary N) is 1. The standard InChI is InChI=1S/C23H28BrN3O4/c1-23(2,3)31-22(29)26-17-12-16(13-17)21(28)27(19-6-5-11-25-20(19)24)14-15-7-9-18(30-4)10-8-15/h5-11,16-17H,12-14H2,1-4H3,(H,26,29). The van der Waals surface area contributed by atoms with E-state index in [1.54, 1.807) is 18.2 Å². The minimum absolute atomic E-state index is 0.00626. The minimum atomic E-state index is -0.551. The van der Waals surface area contributed by atoms with Crippen LogP contribution in [0.3, 0.4) is 0 Å². The van der Waals surface area contributed by atoms with Gasteiger partial charge in [-0.2, -0.15) is 0 Å². The number of nitrogens with zero attached hydrogens (tertiary/aromatic N) is 2. The monoisotopic (exact) mass is 489 g/mol. The summed E-state index contributed by atoms with van der Waals surface area (Å²) in [6, 6.07) is 11.2. The van der Waals surface area contributed by atoms with Crippen LogP contribution < -0.4 is 15.0 Å². The summed E-state index contributed by atoms with van der Waals surface area (Å²) >= 11 is 3.46. The Bertz CT molecular complexity index is 921. The van der Waals surface area contributed by atoms with Crippen LogP contribution in [0.5, 0.6) is 5.75 Å². The van der Waals surface area contributed by atoms with Crippen LogP contribution in [0.4, 0.5) is 10.5 Å². The van der Waals surface area contributed by atoms with Crippen LogP contribution in [0.2, 0.25) is 0 Å². The lowest BCUT2D eigenvalue weighted by Crippen LogP contribution is -2.51. The van der Waals surface area contributed by atoms with Crippen LogP contribution in [0.15, 0.2) is 47.2 Å². The molecule has 0 unspecified atom stereocenters. The van der Waals surface area contributed by atoms with Crippen LogP contribution >= 0.6 is 15.9 Å². The molecule has 0 spiro atoms. The fraction of sp³-hybridized carbons (Fsp3) is 0.435. The van der Waals surface area contributed by atoms with Crippen molar-refractivity contribution in [2.75, 3.05) is 12.0 Å². The molecule has 1 fully saturated rings. The number of benzene rings is 1. The molecule has 0 atom stereocenters. The first kappa shape index (κ1) is 23.1. The van der Waals surface area contributed by atoms with Gasteiger partial charge >= 0.3 is 6.09 Å². The second-order valence-electron chi connectivity index (χ2n) is 8.60. The van der Waals surface area contributed by atoms with Crippen molar-refractivity contribution in [2.24, 2.45) is 5.92 Å². The molecule has 1 aromatic carbocycles. The number of anilines is 1. The number of methoxy groups -OCH3 is 1. The van der Waals surface area contributed by atoms with Crippen molar-refractivity contribution in [2.45, 2.75) is 51.8 Å². The molecule has 1 saturated carbocycles. The highest BCUT2D eigenvalue weighted by Crippen LogP contribution is 2.34. The van der Waals surface area contributed by atoms with Gasteiger partial charge in [-0.05, 0) is 79.4 Å². The summed E-state index contributed by atoms with van der Waals surface area (Å²) in [6.45, 7) is 5.88. The van der Waals surface area contributed by atoms with E-state index in [0.29, 0.717) is 29.7 Å². The second-order valence-corrected chi connectivity index (χ2v) is 9.35. The van der Waals surface area contributed by atoms with Crippen LogP contribution in [-0.4, -0.2) is 35.7 Å². The molecule has 0 aliphatic heterocycles. The quantitative estimate of drug-likeness (QED) is 0.595. The van der Waals surface area contributed by atoms with Gasteiger partial charge in [0.15, 0.2) is 0 Å². The number of ether oxygens (including phenoxy) is 2. The Morgan fingerprint density at radius 3 is 2.45 bits per heavy atom. The molecule has 0 bridgehead atoms. The summed E-state index contributed by atoms with van der Waals surface area (Å²) < 4.78 is 11.1. The Balaban J connectivity index is 1.69. The summed E-state index contributed by atoms with van der Waals surface area (Å²) in [5.74, 6) is 0.594. The molecule has 1 heterocycles. The molecule has 7 nitrogen and oxygen atoms in total. The number of pyridine rings is 1. The smallest absolute Gasteiger partial charge is 0.407 e. The number of aromatic nitrogens is 1. The Labute approximate surface area is 191 Å². The van der Waals surface area contributed by atoms with Gasteiger partial charge in [0.1, 0.15) is 16.0 Å². The fourth-order valence-electron chi connectivity index (χ4n) is 3.41. The maximum Gasteiger partial charge on any atom is 0.407 e. The normalized spacial score (nSPS) is 18.0. The van der Waals surface area contributed by atoms with E-state index in [0.717, 1.165) is 11.3 Å². The van der Waals surface area contributed by atoms with Crippen LogP contribution in [0.25, 0.3) is 0 Å². The molecule has 1 aromatic heterocycles. The van der Waals surface area contributed by atoms with Gasteiger partial charge in [-0.25, -0.2) is 9.78 Å². The van der Waals surface area contributed by atoms with Gasteiger partial charge in [-0.1, -0.05) is 12.1 Å².